The number of hydrogen-bond donors (Lipinski definition) is 1. The highest BCUT2D eigenvalue weighted by molar-refractivity contribution is 5.83. The number of fused-ring (bicyclic) bond motifs is 1. The summed E-state index contributed by atoms with van der Waals surface area (Å²) in [7, 11) is 0. The molecule has 2 aliphatic rings. The van der Waals surface area contributed by atoms with E-state index in [9.17, 15) is 9.18 Å². The van der Waals surface area contributed by atoms with E-state index >= 15 is 0 Å². The zero-order valence-corrected chi connectivity index (χ0v) is 9.41. The van der Waals surface area contributed by atoms with Crippen LogP contribution in [0.25, 0.3) is 0 Å². The number of rotatable bonds is 2. The van der Waals surface area contributed by atoms with E-state index in [4.69, 9.17) is 4.74 Å². The Hall–Kier alpha value is -1.42. The lowest BCUT2D eigenvalue weighted by molar-refractivity contribution is -0.123. The van der Waals surface area contributed by atoms with Crippen molar-refractivity contribution < 1.29 is 13.9 Å². The van der Waals surface area contributed by atoms with Gasteiger partial charge in [-0.15, -0.1) is 0 Å². The molecular formula is C13H14FNO2. The number of epoxide rings is 1. The Morgan fingerprint density at radius 2 is 2.29 bits per heavy atom. The minimum absolute atomic E-state index is 0.0638. The summed E-state index contributed by atoms with van der Waals surface area (Å²) in [5.41, 5.74) is 1.67. The molecule has 0 radical (unpaired) electrons. The van der Waals surface area contributed by atoms with Gasteiger partial charge in [-0.1, -0.05) is 12.1 Å². The SMILES string of the molecule is O=C(NC1CCCc2c(F)cccc21)C1CO1. The lowest BCUT2D eigenvalue weighted by Crippen LogP contribution is -2.34. The Labute approximate surface area is 99.0 Å². The van der Waals surface area contributed by atoms with Crippen molar-refractivity contribution in [1.82, 2.24) is 5.32 Å². The van der Waals surface area contributed by atoms with Gasteiger partial charge in [0.05, 0.1) is 12.6 Å². The average molecular weight is 235 g/mol. The van der Waals surface area contributed by atoms with Crippen molar-refractivity contribution in [1.29, 1.82) is 0 Å². The van der Waals surface area contributed by atoms with Crippen LogP contribution < -0.4 is 5.32 Å². The summed E-state index contributed by atoms with van der Waals surface area (Å²) < 4.78 is 18.6. The zero-order valence-electron chi connectivity index (χ0n) is 9.41. The summed E-state index contributed by atoms with van der Waals surface area (Å²) in [6.45, 7) is 0.508. The van der Waals surface area contributed by atoms with E-state index in [2.05, 4.69) is 5.32 Å². The van der Waals surface area contributed by atoms with E-state index in [1.807, 2.05) is 6.07 Å². The van der Waals surface area contributed by atoms with Crippen molar-refractivity contribution in [3.05, 3.63) is 35.1 Å². The zero-order chi connectivity index (χ0) is 11.8. The molecule has 2 unspecified atom stereocenters. The quantitative estimate of drug-likeness (QED) is 0.793. The van der Waals surface area contributed by atoms with Gasteiger partial charge in [-0.05, 0) is 36.5 Å². The molecule has 1 heterocycles. The van der Waals surface area contributed by atoms with Crippen molar-refractivity contribution in [3.63, 3.8) is 0 Å². The molecule has 4 heteroatoms. The molecule has 3 nitrogen and oxygen atoms in total. The summed E-state index contributed by atoms with van der Waals surface area (Å²) in [6, 6.07) is 5.02. The van der Waals surface area contributed by atoms with Crippen molar-refractivity contribution in [2.45, 2.75) is 31.4 Å². The van der Waals surface area contributed by atoms with Crippen LogP contribution in [0.4, 0.5) is 4.39 Å². The largest absolute Gasteiger partial charge is 0.363 e. The van der Waals surface area contributed by atoms with Crippen LogP contribution in [0.3, 0.4) is 0 Å². The molecule has 1 saturated heterocycles. The minimum Gasteiger partial charge on any atom is -0.363 e. The minimum atomic E-state index is -0.283. The van der Waals surface area contributed by atoms with Gasteiger partial charge in [-0.25, -0.2) is 4.39 Å². The van der Waals surface area contributed by atoms with Gasteiger partial charge in [0.15, 0.2) is 6.10 Å². The van der Waals surface area contributed by atoms with Gasteiger partial charge < -0.3 is 10.1 Å². The van der Waals surface area contributed by atoms with E-state index in [0.29, 0.717) is 6.61 Å². The van der Waals surface area contributed by atoms with E-state index in [1.54, 1.807) is 6.07 Å². The average Bonchev–Trinajstić information content (AvgIpc) is 3.14. The second-order valence-electron chi connectivity index (χ2n) is 4.58. The Balaban J connectivity index is 1.83. The molecule has 1 amide bonds. The molecule has 2 atom stereocenters. The van der Waals surface area contributed by atoms with Crippen LogP contribution in [0.15, 0.2) is 18.2 Å². The van der Waals surface area contributed by atoms with Gasteiger partial charge in [0, 0.05) is 0 Å². The highest BCUT2D eigenvalue weighted by atomic mass is 19.1. The van der Waals surface area contributed by atoms with Gasteiger partial charge in [-0.2, -0.15) is 0 Å². The fourth-order valence-electron chi connectivity index (χ4n) is 2.42. The van der Waals surface area contributed by atoms with E-state index in [1.165, 1.54) is 6.07 Å². The van der Waals surface area contributed by atoms with Crippen LogP contribution in [-0.4, -0.2) is 18.6 Å². The van der Waals surface area contributed by atoms with Gasteiger partial charge in [0.2, 0.25) is 0 Å². The lowest BCUT2D eigenvalue weighted by Gasteiger charge is -2.26. The molecule has 1 aliphatic heterocycles. The molecule has 1 aromatic carbocycles. The van der Waals surface area contributed by atoms with E-state index in [0.717, 1.165) is 30.4 Å². The predicted molar refractivity (Wildman–Crippen MR) is 60.0 cm³/mol. The Kier molecular flexibility index (Phi) is 2.59. The van der Waals surface area contributed by atoms with Crippen LogP contribution in [0.2, 0.25) is 0 Å². The van der Waals surface area contributed by atoms with Crippen LogP contribution in [0.5, 0.6) is 0 Å². The number of carbonyl (C=O) groups is 1. The third kappa shape index (κ3) is 2.05. The maximum Gasteiger partial charge on any atom is 0.252 e. The van der Waals surface area contributed by atoms with E-state index < -0.39 is 0 Å². The Morgan fingerprint density at radius 3 is 3.06 bits per heavy atom. The molecule has 1 fully saturated rings. The summed E-state index contributed by atoms with van der Waals surface area (Å²) in [4.78, 5) is 11.6. The summed E-state index contributed by atoms with van der Waals surface area (Å²) in [5.74, 6) is -0.240. The first kappa shape index (κ1) is 10.7. The second-order valence-corrected chi connectivity index (χ2v) is 4.58. The fourth-order valence-corrected chi connectivity index (χ4v) is 2.42. The Morgan fingerprint density at radius 1 is 1.47 bits per heavy atom. The van der Waals surface area contributed by atoms with Gasteiger partial charge in [0.25, 0.3) is 5.91 Å². The first-order chi connectivity index (χ1) is 8.25. The van der Waals surface area contributed by atoms with Gasteiger partial charge in [-0.3, -0.25) is 4.79 Å². The number of ether oxygens (including phenoxy) is 1. The third-order valence-electron chi connectivity index (χ3n) is 3.39. The first-order valence-corrected chi connectivity index (χ1v) is 5.95. The summed E-state index contributed by atoms with van der Waals surface area (Å²) in [5, 5.41) is 2.93. The first-order valence-electron chi connectivity index (χ1n) is 5.95. The summed E-state index contributed by atoms with van der Waals surface area (Å²) in [6.07, 6.45) is 2.25. The standard InChI is InChI=1S/C13H14FNO2/c14-10-5-1-4-9-8(10)3-2-6-11(9)15-13(16)12-7-17-12/h1,4-5,11-12H,2-3,6-7H2,(H,15,16). The number of amides is 1. The maximum atomic E-state index is 13.6. The number of hydrogen-bond acceptors (Lipinski definition) is 2. The predicted octanol–water partition coefficient (Wildman–Crippen LogP) is 1.72. The maximum absolute atomic E-state index is 13.6. The van der Waals surface area contributed by atoms with Gasteiger partial charge in [0.1, 0.15) is 5.82 Å². The molecule has 0 bridgehead atoms. The molecule has 17 heavy (non-hydrogen) atoms. The van der Waals surface area contributed by atoms with Crippen molar-refractivity contribution in [3.8, 4) is 0 Å². The second kappa shape index (κ2) is 4.11. The molecule has 1 aliphatic carbocycles. The monoisotopic (exact) mass is 235 g/mol. The van der Waals surface area contributed by atoms with Crippen LogP contribution in [0, 0.1) is 5.82 Å². The fraction of sp³-hybridized carbons (Fsp3) is 0.462. The van der Waals surface area contributed by atoms with Crippen LogP contribution in [0.1, 0.15) is 30.0 Å². The van der Waals surface area contributed by atoms with Crippen molar-refractivity contribution in [2.24, 2.45) is 0 Å². The molecule has 1 N–H and O–H groups in total. The molecule has 0 spiro atoms. The number of nitrogens with one attached hydrogen (secondary N) is 1. The topological polar surface area (TPSA) is 41.6 Å². The lowest BCUT2D eigenvalue weighted by atomic mass is 9.87. The van der Waals surface area contributed by atoms with Crippen molar-refractivity contribution in [2.75, 3.05) is 6.61 Å². The molecule has 1 aromatic rings. The highest BCUT2D eigenvalue weighted by Gasteiger charge is 2.33. The van der Waals surface area contributed by atoms with E-state index in [-0.39, 0.29) is 23.9 Å². The number of carbonyl (C=O) groups excluding carboxylic acids is 1. The molecule has 3 rings (SSSR count). The number of benzene rings is 1. The molecule has 0 saturated carbocycles. The van der Waals surface area contributed by atoms with Gasteiger partial charge >= 0.3 is 0 Å². The highest BCUT2D eigenvalue weighted by Crippen LogP contribution is 2.31. The molecule has 90 valence electrons. The normalized spacial score (nSPS) is 26.2. The molecular weight excluding hydrogens is 221 g/mol. The Bertz CT molecular complexity index is 457. The van der Waals surface area contributed by atoms with Crippen LogP contribution in [-0.2, 0) is 16.0 Å². The summed E-state index contributed by atoms with van der Waals surface area (Å²) >= 11 is 0. The number of halogens is 1. The van der Waals surface area contributed by atoms with Crippen LogP contribution >= 0.6 is 0 Å². The smallest absolute Gasteiger partial charge is 0.252 e. The third-order valence-corrected chi connectivity index (χ3v) is 3.39. The van der Waals surface area contributed by atoms with Crippen molar-refractivity contribution >= 4 is 5.91 Å². The molecule has 0 aromatic heterocycles.